The van der Waals surface area contributed by atoms with Crippen molar-refractivity contribution in [1.82, 2.24) is 5.32 Å². The van der Waals surface area contributed by atoms with E-state index in [0.29, 0.717) is 0 Å². The normalized spacial score (nSPS) is 39.7. The third-order valence-electron chi connectivity index (χ3n) is 1.67. The first-order valence-electron chi connectivity index (χ1n) is 3.10. The summed E-state index contributed by atoms with van der Waals surface area (Å²) in [6.07, 6.45) is 2.08. The molecule has 0 aromatic carbocycles. The van der Waals surface area contributed by atoms with Gasteiger partial charge < -0.3 is 16.2 Å². The molecule has 2 heterocycles. The average Bonchev–Trinajstić information content (AvgIpc) is 2.34. The van der Waals surface area contributed by atoms with Crippen LogP contribution in [0.1, 0.15) is 0 Å². The number of fused-ring (bicyclic) bond motifs is 1. The van der Waals surface area contributed by atoms with E-state index in [1.165, 1.54) is 12.7 Å². The van der Waals surface area contributed by atoms with Gasteiger partial charge in [-0.15, -0.1) is 0 Å². The van der Waals surface area contributed by atoms with Crippen molar-refractivity contribution in [3.63, 3.8) is 0 Å². The van der Waals surface area contributed by atoms with Crippen LogP contribution in [0.2, 0.25) is 0 Å². The Balaban J connectivity index is 2.41. The van der Waals surface area contributed by atoms with Crippen molar-refractivity contribution in [1.29, 1.82) is 0 Å². The molecule has 0 aromatic heterocycles. The van der Waals surface area contributed by atoms with Gasteiger partial charge in [0.15, 0.2) is 12.0 Å². The van der Waals surface area contributed by atoms with E-state index in [9.17, 15) is 5.11 Å². The zero-order valence-corrected chi connectivity index (χ0v) is 5.60. The second-order valence-electron chi connectivity index (χ2n) is 2.34. The van der Waals surface area contributed by atoms with Crippen LogP contribution in [0.5, 0.6) is 0 Å². The molecule has 0 bridgehead atoms. The largest absolute Gasteiger partial charge is 0.383 e. The Kier molecular flexibility index (Phi) is 1.02. The zero-order chi connectivity index (χ0) is 7.90. The van der Waals surface area contributed by atoms with Crippen LogP contribution >= 0.6 is 0 Å². The SMILES string of the molecule is NC1=NC=N[C@@H]2N=CN[C@]12O. The van der Waals surface area contributed by atoms with Crippen LogP contribution in [0.15, 0.2) is 15.0 Å². The van der Waals surface area contributed by atoms with Crippen LogP contribution in [0.25, 0.3) is 0 Å². The minimum absolute atomic E-state index is 0.0926. The van der Waals surface area contributed by atoms with Crippen molar-refractivity contribution in [2.75, 3.05) is 0 Å². The fraction of sp³-hybridized carbons (Fsp3) is 0.400. The minimum Gasteiger partial charge on any atom is -0.383 e. The number of nitrogens with two attached hydrogens (primary N) is 1. The van der Waals surface area contributed by atoms with Crippen LogP contribution in [-0.2, 0) is 0 Å². The average molecular weight is 153 g/mol. The number of nitrogens with zero attached hydrogens (tertiary/aromatic N) is 3. The van der Waals surface area contributed by atoms with Crippen molar-refractivity contribution >= 4 is 18.5 Å². The zero-order valence-electron chi connectivity index (χ0n) is 5.60. The van der Waals surface area contributed by atoms with Crippen molar-refractivity contribution in [3.05, 3.63) is 0 Å². The van der Waals surface area contributed by atoms with Gasteiger partial charge in [-0.1, -0.05) is 0 Å². The molecule has 2 rings (SSSR count). The van der Waals surface area contributed by atoms with Gasteiger partial charge in [0.1, 0.15) is 6.34 Å². The van der Waals surface area contributed by atoms with Gasteiger partial charge >= 0.3 is 0 Å². The third kappa shape index (κ3) is 0.666. The van der Waals surface area contributed by atoms with E-state index in [1.54, 1.807) is 0 Å². The monoisotopic (exact) mass is 153 g/mol. The van der Waals surface area contributed by atoms with Crippen LogP contribution < -0.4 is 11.1 Å². The molecule has 0 unspecified atom stereocenters. The summed E-state index contributed by atoms with van der Waals surface area (Å²) in [5.74, 6) is 0.0926. The molecule has 0 fully saturated rings. The summed E-state index contributed by atoms with van der Waals surface area (Å²) < 4.78 is 0. The molecule has 6 nitrogen and oxygen atoms in total. The molecule has 0 spiro atoms. The van der Waals surface area contributed by atoms with Gasteiger partial charge in [0.25, 0.3) is 0 Å². The number of aliphatic hydroxyl groups is 1. The fourth-order valence-corrected chi connectivity index (χ4v) is 0.998. The van der Waals surface area contributed by atoms with Crippen molar-refractivity contribution in [2.45, 2.75) is 11.9 Å². The number of nitrogens with one attached hydrogen (secondary N) is 1. The van der Waals surface area contributed by atoms with Crippen molar-refractivity contribution in [2.24, 2.45) is 20.7 Å². The molecule has 2 atom stereocenters. The summed E-state index contributed by atoms with van der Waals surface area (Å²) in [6, 6.07) is 0. The highest BCUT2D eigenvalue weighted by molar-refractivity contribution is 5.98. The Morgan fingerprint density at radius 2 is 2.45 bits per heavy atom. The van der Waals surface area contributed by atoms with Gasteiger partial charge in [0, 0.05) is 0 Å². The lowest BCUT2D eigenvalue weighted by Crippen LogP contribution is -2.59. The molecule has 2 aliphatic rings. The number of aliphatic imine (C=N–C) groups is 3. The van der Waals surface area contributed by atoms with E-state index in [-0.39, 0.29) is 5.84 Å². The lowest BCUT2D eigenvalue weighted by atomic mass is 10.1. The lowest BCUT2D eigenvalue weighted by Gasteiger charge is -2.27. The van der Waals surface area contributed by atoms with Crippen LogP contribution in [0.4, 0.5) is 0 Å². The Morgan fingerprint density at radius 3 is 3.18 bits per heavy atom. The second kappa shape index (κ2) is 1.79. The highest BCUT2D eigenvalue weighted by Gasteiger charge is 2.44. The minimum atomic E-state index is -1.39. The van der Waals surface area contributed by atoms with Crippen LogP contribution in [0, 0.1) is 0 Å². The summed E-state index contributed by atoms with van der Waals surface area (Å²) in [5.41, 5.74) is 4.03. The Bertz CT molecular complexity index is 270. The van der Waals surface area contributed by atoms with E-state index < -0.39 is 11.9 Å². The van der Waals surface area contributed by atoms with E-state index >= 15 is 0 Å². The number of amidine groups is 1. The van der Waals surface area contributed by atoms with Gasteiger partial charge in [-0.2, -0.15) is 0 Å². The summed E-state index contributed by atoms with van der Waals surface area (Å²) in [6.45, 7) is 0. The number of rotatable bonds is 0. The molecule has 0 radical (unpaired) electrons. The summed E-state index contributed by atoms with van der Waals surface area (Å²) in [7, 11) is 0. The molecule has 6 heteroatoms. The molecular formula is C5H7N5O. The molecule has 4 N–H and O–H groups in total. The first kappa shape index (κ1) is 6.29. The predicted octanol–water partition coefficient (Wildman–Crippen LogP) is -1.97. The first-order valence-corrected chi connectivity index (χ1v) is 3.10. The molecule has 0 aliphatic carbocycles. The second-order valence-corrected chi connectivity index (χ2v) is 2.34. The molecular weight excluding hydrogens is 146 g/mol. The number of hydrogen-bond acceptors (Lipinski definition) is 6. The van der Waals surface area contributed by atoms with E-state index in [0.717, 1.165) is 0 Å². The predicted molar refractivity (Wildman–Crippen MR) is 40.5 cm³/mol. The maximum atomic E-state index is 9.67. The van der Waals surface area contributed by atoms with E-state index in [1.807, 2.05) is 0 Å². The highest BCUT2D eigenvalue weighted by Crippen LogP contribution is 2.18. The Morgan fingerprint density at radius 1 is 1.64 bits per heavy atom. The number of hydrogen-bond donors (Lipinski definition) is 3. The lowest BCUT2D eigenvalue weighted by molar-refractivity contribution is 0.0815. The molecule has 0 saturated carbocycles. The molecule has 58 valence electrons. The van der Waals surface area contributed by atoms with Gasteiger partial charge in [0.05, 0.1) is 6.34 Å². The van der Waals surface area contributed by atoms with E-state index in [4.69, 9.17) is 5.73 Å². The molecule has 2 aliphatic heterocycles. The molecule has 11 heavy (non-hydrogen) atoms. The van der Waals surface area contributed by atoms with Crippen molar-refractivity contribution < 1.29 is 5.11 Å². The van der Waals surface area contributed by atoms with Gasteiger partial charge in [-0.05, 0) is 0 Å². The van der Waals surface area contributed by atoms with Crippen LogP contribution in [0.3, 0.4) is 0 Å². The standard InChI is InChI=1S/C5H7N5O/c6-3-5(11)4(8-1-7-3)9-2-10-5/h1-2,4,11H,(H,9,10)(H2,6,7,8)/t4-,5+/m1/s1. The maximum Gasteiger partial charge on any atom is 0.239 e. The van der Waals surface area contributed by atoms with Crippen LogP contribution in [-0.4, -0.2) is 35.5 Å². The highest BCUT2D eigenvalue weighted by atomic mass is 16.3. The van der Waals surface area contributed by atoms with Gasteiger partial charge in [0.2, 0.25) is 5.72 Å². The molecule has 0 amide bonds. The van der Waals surface area contributed by atoms with Crippen molar-refractivity contribution in [3.8, 4) is 0 Å². The first-order chi connectivity index (χ1) is 5.23. The Hall–Kier alpha value is -1.43. The fourth-order valence-electron chi connectivity index (χ4n) is 0.998. The summed E-state index contributed by atoms with van der Waals surface area (Å²) in [4.78, 5) is 11.3. The topological polar surface area (TPSA) is 95.4 Å². The summed E-state index contributed by atoms with van der Waals surface area (Å²) in [5, 5.41) is 12.3. The Labute approximate surface area is 62.6 Å². The van der Waals surface area contributed by atoms with Gasteiger partial charge in [-0.25, -0.2) is 15.0 Å². The third-order valence-corrected chi connectivity index (χ3v) is 1.67. The molecule has 0 aromatic rings. The van der Waals surface area contributed by atoms with Gasteiger partial charge in [-0.3, -0.25) is 0 Å². The summed E-state index contributed by atoms with van der Waals surface area (Å²) >= 11 is 0. The molecule has 0 saturated heterocycles. The smallest absolute Gasteiger partial charge is 0.239 e. The van der Waals surface area contributed by atoms with E-state index in [2.05, 4.69) is 20.3 Å². The quantitative estimate of drug-likeness (QED) is 0.376. The maximum absolute atomic E-state index is 9.67.